The van der Waals surface area contributed by atoms with Gasteiger partial charge in [-0.1, -0.05) is 84.1 Å². The quantitative estimate of drug-likeness (QED) is 0.198. The number of carbonyl (C=O) groups is 3. The fourth-order valence-electron chi connectivity index (χ4n) is 6.75. The highest BCUT2D eigenvalue weighted by Gasteiger charge is 2.64. The van der Waals surface area contributed by atoms with Gasteiger partial charge in [-0.05, 0) is 49.2 Å². The van der Waals surface area contributed by atoms with Crippen molar-refractivity contribution >= 4 is 29.5 Å². The van der Waals surface area contributed by atoms with Crippen molar-refractivity contribution in [1.82, 2.24) is 25.2 Å². The monoisotopic (exact) mass is 627 g/mol. The normalized spacial score (nSPS) is 20.8. The van der Waals surface area contributed by atoms with Crippen molar-refractivity contribution in [1.29, 1.82) is 0 Å². The summed E-state index contributed by atoms with van der Waals surface area (Å²) in [7, 11) is 0. The van der Waals surface area contributed by atoms with Crippen molar-refractivity contribution in [3.05, 3.63) is 126 Å². The zero-order valence-corrected chi connectivity index (χ0v) is 25.8. The van der Waals surface area contributed by atoms with Crippen molar-refractivity contribution in [2.45, 2.75) is 42.2 Å². The maximum atomic E-state index is 13.8. The minimum atomic E-state index is -0.788. The van der Waals surface area contributed by atoms with Gasteiger partial charge in [-0.15, -0.1) is 16.9 Å². The molecule has 2 aliphatic heterocycles. The van der Waals surface area contributed by atoms with E-state index in [0.29, 0.717) is 5.56 Å². The molecule has 2 fully saturated rings. The Kier molecular flexibility index (Phi) is 6.57. The molecule has 2 saturated heterocycles. The molecule has 1 N–H and O–H groups in total. The van der Waals surface area contributed by atoms with Crippen LogP contribution in [0.15, 0.2) is 109 Å². The summed E-state index contributed by atoms with van der Waals surface area (Å²) in [5.74, 6) is -1.11. The number of hydrogen-bond donors (Lipinski definition) is 1. The Morgan fingerprint density at radius 1 is 0.848 bits per heavy atom. The standard InChI is InChI=1S/C36H29N5O4S/c1-36(2)31(35(44)45-30-26-14-8-6-12-24(26)25-13-7-9-15-27(25)30)40-33(43)29(34(40)46-36)38-32(42)22-16-18-23(19-17-22)41-28(20-37-39-41)21-10-4-3-5-11-21/h3-20,29-31,34H,1-2H3,(H,38,42). The lowest BCUT2D eigenvalue weighted by Gasteiger charge is -2.44. The summed E-state index contributed by atoms with van der Waals surface area (Å²) in [5, 5.41) is 10.8. The fraction of sp³-hybridized carbons (Fsp3) is 0.194. The van der Waals surface area contributed by atoms with Gasteiger partial charge in [0.2, 0.25) is 5.91 Å². The number of fused-ring (bicyclic) bond motifs is 4. The first kappa shape index (κ1) is 28.3. The number of benzene rings is 4. The molecular weight excluding hydrogens is 598 g/mol. The summed E-state index contributed by atoms with van der Waals surface area (Å²) in [6.45, 7) is 3.88. The minimum Gasteiger partial charge on any atom is -0.451 e. The number of esters is 1. The highest BCUT2D eigenvalue weighted by atomic mass is 32.2. The molecule has 2 amide bonds. The van der Waals surface area contributed by atoms with E-state index >= 15 is 0 Å². The Morgan fingerprint density at radius 3 is 2.15 bits per heavy atom. The Labute approximate surface area is 269 Å². The largest absolute Gasteiger partial charge is 0.451 e. The van der Waals surface area contributed by atoms with E-state index in [2.05, 4.69) is 15.6 Å². The predicted molar refractivity (Wildman–Crippen MR) is 174 cm³/mol. The second kappa shape index (κ2) is 10.7. The number of ether oxygens (including phenoxy) is 1. The predicted octanol–water partition coefficient (Wildman–Crippen LogP) is 5.41. The van der Waals surface area contributed by atoms with Gasteiger partial charge in [-0.3, -0.25) is 9.59 Å². The molecule has 1 aromatic heterocycles. The van der Waals surface area contributed by atoms with Crippen molar-refractivity contribution in [3.63, 3.8) is 0 Å². The molecule has 0 bridgehead atoms. The molecule has 228 valence electrons. The van der Waals surface area contributed by atoms with Crippen LogP contribution in [0.5, 0.6) is 0 Å². The molecule has 10 heteroatoms. The molecule has 3 aliphatic rings. The van der Waals surface area contributed by atoms with Crippen molar-refractivity contribution in [2.24, 2.45) is 0 Å². The van der Waals surface area contributed by atoms with Crippen LogP contribution in [0.2, 0.25) is 0 Å². The molecule has 5 aromatic rings. The fourth-order valence-corrected chi connectivity index (χ4v) is 8.37. The molecule has 8 rings (SSSR count). The highest BCUT2D eigenvalue weighted by Crippen LogP contribution is 2.52. The van der Waals surface area contributed by atoms with Crippen LogP contribution in [-0.4, -0.2) is 59.9 Å². The SMILES string of the molecule is CC1(C)SC2C(NC(=O)c3ccc(-n4nncc4-c4ccccc4)cc3)C(=O)N2C1C(=O)OC1c2ccccc2-c2ccccc21. The Hall–Kier alpha value is -5.22. The molecule has 3 heterocycles. The van der Waals surface area contributed by atoms with Crippen LogP contribution in [0.4, 0.5) is 0 Å². The molecule has 3 atom stereocenters. The van der Waals surface area contributed by atoms with Gasteiger partial charge >= 0.3 is 5.97 Å². The third kappa shape index (κ3) is 4.43. The maximum absolute atomic E-state index is 13.8. The molecule has 4 aromatic carbocycles. The number of aromatic nitrogens is 3. The molecule has 1 aliphatic carbocycles. The van der Waals surface area contributed by atoms with Gasteiger partial charge in [0.1, 0.15) is 17.5 Å². The molecule has 3 unspecified atom stereocenters. The van der Waals surface area contributed by atoms with Gasteiger partial charge in [0.25, 0.3) is 5.91 Å². The lowest BCUT2D eigenvalue weighted by molar-refractivity contribution is -0.165. The molecular formula is C36H29N5O4S. The van der Waals surface area contributed by atoms with E-state index in [4.69, 9.17) is 4.74 Å². The van der Waals surface area contributed by atoms with Crippen molar-refractivity contribution < 1.29 is 19.1 Å². The summed E-state index contributed by atoms with van der Waals surface area (Å²) in [5.41, 5.74) is 6.92. The van der Waals surface area contributed by atoms with Crippen LogP contribution >= 0.6 is 11.8 Å². The topological polar surface area (TPSA) is 106 Å². The van der Waals surface area contributed by atoms with E-state index in [-0.39, 0.29) is 17.2 Å². The minimum absolute atomic E-state index is 0.294. The summed E-state index contributed by atoms with van der Waals surface area (Å²) >= 11 is 1.50. The lowest BCUT2D eigenvalue weighted by Crippen LogP contribution is -2.70. The van der Waals surface area contributed by atoms with Crippen molar-refractivity contribution in [3.8, 4) is 28.1 Å². The first-order valence-electron chi connectivity index (χ1n) is 15.1. The van der Waals surface area contributed by atoms with E-state index in [0.717, 1.165) is 39.2 Å². The van der Waals surface area contributed by atoms with Crippen LogP contribution < -0.4 is 5.32 Å². The number of thioether (sulfide) groups is 1. The third-order valence-electron chi connectivity index (χ3n) is 8.95. The van der Waals surface area contributed by atoms with Gasteiger partial charge in [-0.2, -0.15) is 0 Å². The number of amides is 2. The Morgan fingerprint density at radius 2 is 1.48 bits per heavy atom. The molecule has 0 spiro atoms. The second-order valence-electron chi connectivity index (χ2n) is 12.1. The Balaban J connectivity index is 0.969. The molecule has 46 heavy (non-hydrogen) atoms. The number of nitrogens with zero attached hydrogens (tertiary/aromatic N) is 4. The van der Waals surface area contributed by atoms with Gasteiger partial charge < -0.3 is 15.0 Å². The van der Waals surface area contributed by atoms with Crippen LogP contribution in [0.1, 0.15) is 41.4 Å². The van der Waals surface area contributed by atoms with E-state index < -0.39 is 28.9 Å². The average molecular weight is 628 g/mol. The van der Waals surface area contributed by atoms with Crippen LogP contribution in [0.25, 0.3) is 28.1 Å². The highest BCUT2D eigenvalue weighted by molar-refractivity contribution is 8.01. The van der Waals surface area contributed by atoms with Gasteiger partial charge in [0.15, 0.2) is 6.10 Å². The van der Waals surface area contributed by atoms with Gasteiger partial charge in [-0.25, -0.2) is 9.48 Å². The van der Waals surface area contributed by atoms with Crippen LogP contribution in [-0.2, 0) is 14.3 Å². The molecule has 0 saturated carbocycles. The van der Waals surface area contributed by atoms with E-state index in [1.165, 1.54) is 11.8 Å². The zero-order chi connectivity index (χ0) is 31.6. The first-order valence-corrected chi connectivity index (χ1v) is 16.0. The number of nitrogens with one attached hydrogen (secondary N) is 1. The second-order valence-corrected chi connectivity index (χ2v) is 13.9. The van der Waals surface area contributed by atoms with Gasteiger partial charge in [0.05, 0.1) is 17.6 Å². The summed E-state index contributed by atoms with van der Waals surface area (Å²) in [6, 6.07) is 31.1. The third-order valence-corrected chi connectivity index (χ3v) is 10.5. The number of hydrogen-bond acceptors (Lipinski definition) is 7. The van der Waals surface area contributed by atoms with Crippen LogP contribution in [0.3, 0.4) is 0 Å². The summed E-state index contributed by atoms with van der Waals surface area (Å²) in [6.07, 6.45) is 1.15. The number of β-lactam (4-membered cyclic amide) rings is 1. The smallest absolute Gasteiger partial charge is 0.331 e. The van der Waals surface area contributed by atoms with Crippen LogP contribution in [0, 0.1) is 0 Å². The summed E-state index contributed by atoms with van der Waals surface area (Å²) < 4.78 is 7.30. The van der Waals surface area contributed by atoms with Gasteiger partial charge in [0, 0.05) is 27.0 Å². The van der Waals surface area contributed by atoms with E-state index in [1.54, 1.807) is 40.0 Å². The zero-order valence-electron chi connectivity index (χ0n) is 25.0. The maximum Gasteiger partial charge on any atom is 0.331 e. The molecule has 0 radical (unpaired) electrons. The molecule has 9 nitrogen and oxygen atoms in total. The summed E-state index contributed by atoms with van der Waals surface area (Å²) in [4.78, 5) is 42.2. The average Bonchev–Trinajstić information content (AvgIpc) is 3.76. The number of carbonyl (C=O) groups excluding carboxylic acids is 3. The van der Waals surface area contributed by atoms with E-state index in [9.17, 15) is 14.4 Å². The Bertz CT molecular complexity index is 1960. The van der Waals surface area contributed by atoms with E-state index in [1.807, 2.05) is 92.7 Å². The first-order chi connectivity index (χ1) is 22.3. The lowest BCUT2D eigenvalue weighted by atomic mass is 9.95. The number of rotatable bonds is 6. The van der Waals surface area contributed by atoms with Crippen molar-refractivity contribution in [2.75, 3.05) is 0 Å².